The SMILES string of the molecule is Cc1ccccc1-c1nc(C)c(CNC(=O)c2cccc(C(F)(F)F)c2)s1. The molecule has 0 fully saturated rings. The van der Waals surface area contributed by atoms with Crippen molar-refractivity contribution in [3.8, 4) is 10.6 Å². The lowest BCUT2D eigenvalue weighted by atomic mass is 10.1. The smallest absolute Gasteiger partial charge is 0.347 e. The Labute approximate surface area is 158 Å². The predicted molar refractivity (Wildman–Crippen MR) is 99.6 cm³/mol. The van der Waals surface area contributed by atoms with Crippen LogP contribution < -0.4 is 5.32 Å². The third kappa shape index (κ3) is 4.36. The molecule has 140 valence electrons. The van der Waals surface area contributed by atoms with Crippen molar-refractivity contribution in [1.29, 1.82) is 0 Å². The highest BCUT2D eigenvalue weighted by molar-refractivity contribution is 7.15. The van der Waals surface area contributed by atoms with Gasteiger partial charge in [-0.25, -0.2) is 4.98 Å². The molecule has 0 saturated carbocycles. The van der Waals surface area contributed by atoms with E-state index in [1.54, 1.807) is 0 Å². The Balaban J connectivity index is 1.74. The largest absolute Gasteiger partial charge is 0.416 e. The van der Waals surface area contributed by atoms with Crippen LogP contribution in [0.2, 0.25) is 0 Å². The number of benzene rings is 2. The average molecular weight is 390 g/mol. The molecular weight excluding hydrogens is 373 g/mol. The minimum Gasteiger partial charge on any atom is -0.347 e. The lowest BCUT2D eigenvalue weighted by molar-refractivity contribution is -0.137. The summed E-state index contributed by atoms with van der Waals surface area (Å²) >= 11 is 1.47. The Morgan fingerprint density at radius 1 is 1.11 bits per heavy atom. The molecule has 27 heavy (non-hydrogen) atoms. The monoisotopic (exact) mass is 390 g/mol. The fourth-order valence-corrected chi connectivity index (χ4v) is 3.71. The van der Waals surface area contributed by atoms with Gasteiger partial charge in [-0.3, -0.25) is 4.79 Å². The van der Waals surface area contributed by atoms with Gasteiger partial charge in [-0.1, -0.05) is 30.3 Å². The van der Waals surface area contributed by atoms with Gasteiger partial charge >= 0.3 is 6.18 Å². The van der Waals surface area contributed by atoms with Gasteiger partial charge in [0.1, 0.15) is 5.01 Å². The summed E-state index contributed by atoms with van der Waals surface area (Å²) in [5.74, 6) is -0.550. The number of carbonyl (C=O) groups is 1. The summed E-state index contributed by atoms with van der Waals surface area (Å²) in [5.41, 5.74) is 2.06. The molecule has 3 nitrogen and oxygen atoms in total. The van der Waals surface area contributed by atoms with E-state index in [9.17, 15) is 18.0 Å². The fraction of sp³-hybridized carbons (Fsp3) is 0.200. The van der Waals surface area contributed by atoms with E-state index >= 15 is 0 Å². The number of thiazole rings is 1. The van der Waals surface area contributed by atoms with E-state index in [4.69, 9.17) is 0 Å². The van der Waals surface area contributed by atoms with Crippen LogP contribution in [0.4, 0.5) is 13.2 Å². The molecule has 3 aromatic rings. The van der Waals surface area contributed by atoms with Gasteiger partial charge in [0.25, 0.3) is 5.91 Å². The topological polar surface area (TPSA) is 42.0 Å². The van der Waals surface area contributed by atoms with Gasteiger partial charge in [-0.2, -0.15) is 13.2 Å². The molecule has 3 rings (SSSR count). The summed E-state index contributed by atoms with van der Waals surface area (Å²) < 4.78 is 38.4. The van der Waals surface area contributed by atoms with E-state index in [0.717, 1.165) is 38.8 Å². The summed E-state index contributed by atoms with van der Waals surface area (Å²) in [6, 6.07) is 12.3. The van der Waals surface area contributed by atoms with E-state index in [1.165, 1.54) is 23.5 Å². The standard InChI is InChI=1S/C20H17F3N2OS/c1-12-6-3-4-9-16(12)19-25-13(2)17(27-19)11-24-18(26)14-7-5-8-15(10-14)20(21,22)23/h3-10H,11H2,1-2H3,(H,24,26). The van der Waals surface area contributed by atoms with Crippen LogP contribution in [0.5, 0.6) is 0 Å². The first kappa shape index (κ1) is 19.1. The van der Waals surface area contributed by atoms with Crippen LogP contribution in [0.25, 0.3) is 10.6 Å². The number of amides is 1. The van der Waals surface area contributed by atoms with Gasteiger partial charge in [-0.15, -0.1) is 11.3 Å². The molecular formula is C20H17F3N2OS. The number of hydrogen-bond donors (Lipinski definition) is 1. The number of halogens is 3. The Hall–Kier alpha value is -2.67. The second-order valence-electron chi connectivity index (χ2n) is 6.10. The quantitative estimate of drug-likeness (QED) is 0.650. The van der Waals surface area contributed by atoms with Gasteiger partial charge in [-0.05, 0) is 37.6 Å². The van der Waals surface area contributed by atoms with Crippen LogP contribution in [-0.4, -0.2) is 10.9 Å². The molecule has 1 amide bonds. The summed E-state index contributed by atoms with van der Waals surface area (Å²) in [4.78, 5) is 17.7. The van der Waals surface area contributed by atoms with Gasteiger partial charge in [0, 0.05) is 16.0 Å². The molecule has 0 aliphatic carbocycles. The highest BCUT2D eigenvalue weighted by Gasteiger charge is 2.30. The van der Waals surface area contributed by atoms with E-state index in [2.05, 4.69) is 10.3 Å². The average Bonchev–Trinajstić information content (AvgIpc) is 3.00. The molecule has 1 heterocycles. The number of nitrogens with zero attached hydrogens (tertiary/aromatic N) is 1. The van der Waals surface area contributed by atoms with Crippen LogP contribution in [0.15, 0.2) is 48.5 Å². The van der Waals surface area contributed by atoms with Crippen LogP contribution in [0.1, 0.15) is 32.1 Å². The maximum atomic E-state index is 12.8. The summed E-state index contributed by atoms with van der Waals surface area (Å²) in [6.45, 7) is 4.07. The zero-order valence-electron chi connectivity index (χ0n) is 14.7. The lowest BCUT2D eigenvalue weighted by Crippen LogP contribution is -2.23. The van der Waals surface area contributed by atoms with Crippen LogP contribution in [0.3, 0.4) is 0 Å². The van der Waals surface area contributed by atoms with Crippen molar-refractivity contribution in [2.24, 2.45) is 0 Å². The zero-order valence-corrected chi connectivity index (χ0v) is 15.5. The maximum Gasteiger partial charge on any atom is 0.416 e. The minimum atomic E-state index is -4.48. The Kier molecular flexibility index (Phi) is 5.32. The number of hydrogen-bond acceptors (Lipinski definition) is 3. The number of aromatic nitrogens is 1. The van der Waals surface area contributed by atoms with E-state index in [0.29, 0.717) is 0 Å². The fourth-order valence-electron chi connectivity index (χ4n) is 2.62. The highest BCUT2D eigenvalue weighted by atomic mass is 32.1. The summed E-state index contributed by atoms with van der Waals surface area (Å²) in [6.07, 6.45) is -4.48. The Morgan fingerprint density at radius 2 is 1.85 bits per heavy atom. The Morgan fingerprint density at radius 3 is 2.56 bits per heavy atom. The number of alkyl halides is 3. The maximum absolute atomic E-state index is 12.8. The van der Waals surface area contributed by atoms with Crippen molar-refractivity contribution < 1.29 is 18.0 Å². The van der Waals surface area contributed by atoms with Gasteiger partial charge in [0.15, 0.2) is 0 Å². The van der Waals surface area contributed by atoms with E-state index in [-0.39, 0.29) is 12.1 Å². The van der Waals surface area contributed by atoms with Gasteiger partial charge in [0.05, 0.1) is 17.8 Å². The molecule has 0 aliphatic rings. The number of aryl methyl sites for hydroxylation is 2. The van der Waals surface area contributed by atoms with Crippen LogP contribution in [0, 0.1) is 13.8 Å². The highest BCUT2D eigenvalue weighted by Crippen LogP contribution is 2.31. The van der Waals surface area contributed by atoms with Gasteiger partial charge < -0.3 is 5.32 Å². The third-order valence-corrected chi connectivity index (χ3v) is 5.32. The van der Waals surface area contributed by atoms with E-state index < -0.39 is 17.6 Å². The van der Waals surface area contributed by atoms with Crippen molar-refractivity contribution in [1.82, 2.24) is 10.3 Å². The lowest BCUT2D eigenvalue weighted by Gasteiger charge is -2.09. The van der Waals surface area contributed by atoms with Crippen molar-refractivity contribution in [2.45, 2.75) is 26.6 Å². The van der Waals surface area contributed by atoms with Crippen LogP contribution >= 0.6 is 11.3 Å². The number of nitrogens with one attached hydrogen (secondary N) is 1. The Bertz CT molecular complexity index is 979. The van der Waals surface area contributed by atoms with Crippen molar-refractivity contribution >= 4 is 17.2 Å². The zero-order chi connectivity index (χ0) is 19.6. The molecule has 0 unspecified atom stereocenters. The van der Waals surface area contributed by atoms with Gasteiger partial charge in [0.2, 0.25) is 0 Å². The molecule has 0 atom stereocenters. The molecule has 0 saturated heterocycles. The van der Waals surface area contributed by atoms with Crippen LogP contribution in [-0.2, 0) is 12.7 Å². The summed E-state index contributed by atoms with van der Waals surface area (Å²) in [5, 5.41) is 3.53. The second kappa shape index (κ2) is 7.52. The molecule has 1 N–H and O–H groups in total. The first-order valence-corrected chi connectivity index (χ1v) is 9.05. The predicted octanol–water partition coefficient (Wildman–Crippen LogP) is 5.38. The molecule has 7 heteroatoms. The number of carbonyl (C=O) groups excluding carboxylic acids is 1. The van der Waals surface area contributed by atoms with Crippen molar-refractivity contribution in [3.05, 3.63) is 75.8 Å². The second-order valence-corrected chi connectivity index (χ2v) is 7.19. The summed E-state index contributed by atoms with van der Waals surface area (Å²) in [7, 11) is 0. The first-order chi connectivity index (χ1) is 12.8. The molecule has 0 radical (unpaired) electrons. The molecule has 0 spiro atoms. The molecule has 0 aliphatic heterocycles. The molecule has 0 bridgehead atoms. The van der Waals surface area contributed by atoms with Crippen molar-refractivity contribution in [2.75, 3.05) is 0 Å². The first-order valence-electron chi connectivity index (χ1n) is 8.23. The minimum absolute atomic E-state index is 0.0221. The molecule has 2 aromatic carbocycles. The molecule has 1 aromatic heterocycles. The third-order valence-electron chi connectivity index (χ3n) is 4.13. The number of rotatable bonds is 4. The van der Waals surface area contributed by atoms with Crippen molar-refractivity contribution in [3.63, 3.8) is 0 Å². The van der Waals surface area contributed by atoms with E-state index in [1.807, 2.05) is 38.1 Å². The normalized spacial score (nSPS) is 11.4.